The van der Waals surface area contributed by atoms with Crippen LogP contribution in [-0.2, 0) is 17.8 Å². The van der Waals surface area contributed by atoms with Crippen LogP contribution in [-0.4, -0.2) is 11.8 Å². The van der Waals surface area contributed by atoms with Crippen molar-refractivity contribution in [2.24, 2.45) is 0 Å². The number of benzene rings is 1. The maximum atomic E-state index is 11.9. The molecule has 0 bridgehead atoms. The zero-order valence-electron chi connectivity index (χ0n) is 14.2. The van der Waals surface area contributed by atoms with E-state index in [0.717, 1.165) is 18.4 Å². The summed E-state index contributed by atoms with van der Waals surface area (Å²) in [6.07, 6.45) is 3.77. The first kappa shape index (κ1) is 17.9. The summed E-state index contributed by atoms with van der Waals surface area (Å²) in [5.41, 5.74) is 1.66. The Morgan fingerprint density at radius 3 is 2.58 bits per heavy atom. The molecule has 0 spiro atoms. The van der Waals surface area contributed by atoms with Crippen LogP contribution in [0.2, 0.25) is 0 Å². The summed E-state index contributed by atoms with van der Waals surface area (Å²) in [5.74, 6) is 0.0300. The van der Waals surface area contributed by atoms with Gasteiger partial charge in [-0.25, -0.2) is 0 Å². The first-order valence-electron chi connectivity index (χ1n) is 8.43. The van der Waals surface area contributed by atoms with E-state index in [0.29, 0.717) is 18.7 Å². The zero-order valence-corrected chi connectivity index (χ0v) is 15.1. The van der Waals surface area contributed by atoms with Crippen molar-refractivity contribution in [2.75, 3.05) is 5.32 Å². The second-order valence-electron chi connectivity index (χ2n) is 5.84. The lowest BCUT2D eigenvalue weighted by atomic mass is 10.2. The summed E-state index contributed by atoms with van der Waals surface area (Å²) in [6, 6.07) is 14.8. The van der Waals surface area contributed by atoms with E-state index in [1.54, 1.807) is 35.6 Å². The van der Waals surface area contributed by atoms with E-state index in [2.05, 4.69) is 22.1 Å². The van der Waals surface area contributed by atoms with Crippen molar-refractivity contribution in [2.45, 2.75) is 25.8 Å². The van der Waals surface area contributed by atoms with E-state index in [1.165, 1.54) is 11.1 Å². The van der Waals surface area contributed by atoms with Crippen molar-refractivity contribution in [3.8, 4) is 0 Å². The Morgan fingerprint density at radius 2 is 1.88 bits per heavy atom. The Balaban J connectivity index is 1.39. The van der Waals surface area contributed by atoms with Crippen molar-refractivity contribution < 1.29 is 14.0 Å². The molecule has 2 N–H and O–H groups in total. The molecule has 0 aliphatic carbocycles. The van der Waals surface area contributed by atoms with E-state index in [4.69, 9.17) is 4.42 Å². The topological polar surface area (TPSA) is 71.3 Å². The first-order chi connectivity index (χ1) is 12.7. The van der Waals surface area contributed by atoms with E-state index in [1.807, 2.05) is 18.2 Å². The van der Waals surface area contributed by atoms with Crippen molar-refractivity contribution in [3.05, 3.63) is 76.4 Å². The van der Waals surface area contributed by atoms with E-state index in [-0.39, 0.29) is 17.6 Å². The van der Waals surface area contributed by atoms with Gasteiger partial charge in [0, 0.05) is 23.5 Å². The van der Waals surface area contributed by atoms with Gasteiger partial charge in [-0.15, -0.1) is 11.3 Å². The van der Waals surface area contributed by atoms with Gasteiger partial charge in [0.05, 0.1) is 6.26 Å². The molecule has 2 aromatic heterocycles. The van der Waals surface area contributed by atoms with E-state index >= 15 is 0 Å². The number of hydrogen-bond donors (Lipinski definition) is 2. The lowest BCUT2D eigenvalue weighted by Gasteiger charge is -2.07. The number of amides is 2. The molecule has 0 aliphatic heterocycles. The number of carbonyl (C=O) groups is 2. The fourth-order valence-corrected chi connectivity index (χ4v) is 3.22. The molecule has 0 radical (unpaired) electrons. The highest BCUT2D eigenvalue weighted by Gasteiger charge is 2.08. The van der Waals surface area contributed by atoms with Crippen LogP contribution < -0.4 is 10.6 Å². The molecule has 6 heteroatoms. The molecule has 134 valence electrons. The second-order valence-corrected chi connectivity index (χ2v) is 6.87. The largest absolute Gasteiger partial charge is 0.459 e. The number of aryl methyl sites for hydroxylation is 1. The molecular weight excluding hydrogens is 348 g/mol. The molecule has 3 rings (SSSR count). The minimum atomic E-state index is -0.290. The average Bonchev–Trinajstić information content (AvgIpc) is 3.35. The molecule has 2 heterocycles. The van der Waals surface area contributed by atoms with Gasteiger partial charge in [0.25, 0.3) is 5.91 Å². The van der Waals surface area contributed by atoms with Crippen LogP contribution in [0.15, 0.2) is 64.6 Å². The number of nitrogens with one attached hydrogen (secondary N) is 2. The highest BCUT2D eigenvalue weighted by atomic mass is 32.1. The first-order valence-corrected chi connectivity index (χ1v) is 9.31. The Hall–Kier alpha value is -2.86. The molecule has 0 fully saturated rings. The van der Waals surface area contributed by atoms with Gasteiger partial charge < -0.3 is 15.1 Å². The lowest BCUT2D eigenvalue weighted by molar-refractivity contribution is -0.121. The quantitative estimate of drug-likeness (QED) is 0.625. The molecule has 0 aliphatic rings. The zero-order chi connectivity index (χ0) is 18.2. The monoisotopic (exact) mass is 368 g/mol. The molecule has 1 aromatic carbocycles. The minimum Gasteiger partial charge on any atom is -0.459 e. The molecule has 0 saturated carbocycles. The number of furan rings is 1. The molecule has 0 saturated heterocycles. The molecule has 0 atom stereocenters. The summed E-state index contributed by atoms with van der Waals surface area (Å²) < 4.78 is 5.05. The van der Waals surface area contributed by atoms with Gasteiger partial charge in [0.2, 0.25) is 5.91 Å². The Kier molecular flexibility index (Phi) is 6.22. The number of anilines is 1. The van der Waals surface area contributed by atoms with Crippen molar-refractivity contribution >= 4 is 28.8 Å². The standard InChI is InChI=1S/C20H20N2O3S/c23-19(7-1-4-17-5-3-13-26-17)21-14-15-8-10-16(11-9-15)22-20(24)18-6-2-12-25-18/h2-3,5-6,8-13H,1,4,7,14H2,(H,21,23)(H,22,24). The number of carbonyl (C=O) groups excluding carboxylic acids is 2. The van der Waals surface area contributed by atoms with Gasteiger partial charge in [-0.1, -0.05) is 18.2 Å². The molecule has 2 amide bonds. The van der Waals surface area contributed by atoms with Crippen LogP contribution in [0.3, 0.4) is 0 Å². The predicted molar refractivity (Wildman–Crippen MR) is 102 cm³/mol. The summed E-state index contributed by atoms with van der Waals surface area (Å²) in [7, 11) is 0. The molecule has 26 heavy (non-hydrogen) atoms. The van der Waals surface area contributed by atoms with Crippen LogP contribution in [0.4, 0.5) is 5.69 Å². The fourth-order valence-electron chi connectivity index (χ4n) is 2.47. The Bertz CT molecular complexity index is 825. The lowest BCUT2D eigenvalue weighted by Crippen LogP contribution is -2.22. The van der Waals surface area contributed by atoms with Gasteiger partial charge in [-0.05, 0) is 54.1 Å². The molecular formula is C20H20N2O3S. The third-order valence-electron chi connectivity index (χ3n) is 3.85. The normalized spacial score (nSPS) is 10.5. The second kappa shape index (κ2) is 9.01. The van der Waals surface area contributed by atoms with Gasteiger partial charge in [0.1, 0.15) is 0 Å². The van der Waals surface area contributed by atoms with Crippen molar-refractivity contribution in [1.82, 2.24) is 5.32 Å². The highest BCUT2D eigenvalue weighted by Crippen LogP contribution is 2.13. The SMILES string of the molecule is O=C(CCCc1cccs1)NCc1ccc(NC(=O)c2ccco2)cc1. The number of thiophene rings is 1. The third-order valence-corrected chi connectivity index (χ3v) is 4.79. The van der Waals surface area contributed by atoms with Gasteiger partial charge in [0.15, 0.2) is 5.76 Å². The maximum Gasteiger partial charge on any atom is 0.291 e. The van der Waals surface area contributed by atoms with Crippen LogP contribution in [0, 0.1) is 0 Å². The van der Waals surface area contributed by atoms with Gasteiger partial charge in [-0.2, -0.15) is 0 Å². The van der Waals surface area contributed by atoms with Crippen molar-refractivity contribution in [3.63, 3.8) is 0 Å². The van der Waals surface area contributed by atoms with Crippen LogP contribution in [0.25, 0.3) is 0 Å². The third kappa shape index (κ3) is 5.32. The fraction of sp³-hybridized carbons (Fsp3) is 0.200. The average molecular weight is 368 g/mol. The summed E-state index contributed by atoms with van der Waals surface area (Å²) in [4.78, 5) is 25.1. The molecule has 5 nitrogen and oxygen atoms in total. The Labute approximate surface area is 156 Å². The summed E-state index contributed by atoms with van der Waals surface area (Å²) in [6.45, 7) is 0.476. The van der Waals surface area contributed by atoms with E-state index < -0.39 is 0 Å². The van der Waals surface area contributed by atoms with Gasteiger partial charge in [-0.3, -0.25) is 9.59 Å². The Morgan fingerprint density at radius 1 is 1.04 bits per heavy atom. The van der Waals surface area contributed by atoms with Crippen molar-refractivity contribution in [1.29, 1.82) is 0 Å². The van der Waals surface area contributed by atoms with Crippen LogP contribution in [0.1, 0.15) is 33.8 Å². The smallest absolute Gasteiger partial charge is 0.291 e. The summed E-state index contributed by atoms with van der Waals surface area (Å²) >= 11 is 1.72. The van der Waals surface area contributed by atoms with Crippen LogP contribution >= 0.6 is 11.3 Å². The predicted octanol–water partition coefficient (Wildman–Crippen LogP) is 4.23. The minimum absolute atomic E-state index is 0.0526. The summed E-state index contributed by atoms with van der Waals surface area (Å²) in [5, 5.41) is 7.73. The highest BCUT2D eigenvalue weighted by molar-refractivity contribution is 7.09. The molecule has 0 unspecified atom stereocenters. The van der Waals surface area contributed by atoms with Crippen LogP contribution in [0.5, 0.6) is 0 Å². The number of rotatable bonds is 8. The van der Waals surface area contributed by atoms with Gasteiger partial charge >= 0.3 is 0 Å². The number of hydrogen-bond acceptors (Lipinski definition) is 4. The van der Waals surface area contributed by atoms with E-state index in [9.17, 15) is 9.59 Å². The maximum absolute atomic E-state index is 11.9. The molecule has 3 aromatic rings.